The molecule has 138 valence electrons. The first kappa shape index (κ1) is 18.2. The molecule has 3 rings (SSSR count). The van der Waals surface area contributed by atoms with Gasteiger partial charge in [-0.3, -0.25) is 9.89 Å². The summed E-state index contributed by atoms with van der Waals surface area (Å²) in [4.78, 5) is 9.35. The number of nitrogens with zero attached hydrogens (tertiary/aromatic N) is 3. The van der Waals surface area contributed by atoms with Crippen LogP contribution in [-0.2, 0) is 5.41 Å². The summed E-state index contributed by atoms with van der Waals surface area (Å²) >= 11 is 0. The van der Waals surface area contributed by atoms with E-state index in [4.69, 9.17) is 0 Å². The molecule has 0 amide bonds. The highest BCUT2D eigenvalue weighted by molar-refractivity contribution is 5.80. The molecule has 0 spiro atoms. The third-order valence-corrected chi connectivity index (χ3v) is 5.89. The minimum atomic E-state index is -0.0837. The molecule has 2 aliphatic rings. The molecule has 1 unspecified atom stereocenters. The van der Waals surface area contributed by atoms with Gasteiger partial charge in [0.1, 0.15) is 5.82 Å². The van der Waals surface area contributed by atoms with E-state index in [0.29, 0.717) is 6.04 Å². The normalized spacial score (nSPS) is 22.5. The van der Waals surface area contributed by atoms with Crippen LogP contribution in [0.25, 0.3) is 0 Å². The van der Waals surface area contributed by atoms with E-state index in [0.717, 1.165) is 57.1 Å². The molecule has 4 nitrogen and oxygen atoms in total. The molecule has 2 fully saturated rings. The lowest BCUT2D eigenvalue weighted by molar-refractivity contribution is 0.223. The fourth-order valence-corrected chi connectivity index (χ4v) is 4.14. The van der Waals surface area contributed by atoms with E-state index < -0.39 is 0 Å². The van der Waals surface area contributed by atoms with Crippen molar-refractivity contribution in [3.05, 3.63) is 35.6 Å². The van der Waals surface area contributed by atoms with Crippen molar-refractivity contribution in [2.75, 3.05) is 39.8 Å². The first-order chi connectivity index (χ1) is 12.1. The van der Waals surface area contributed by atoms with Gasteiger partial charge in [0, 0.05) is 38.1 Å². The second-order valence-electron chi connectivity index (χ2n) is 7.27. The van der Waals surface area contributed by atoms with Crippen LogP contribution in [-0.4, -0.2) is 61.6 Å². The van der Waals surface area contributed by atoms with Gasteiger partial charge in [-0.2, -0.15) is 0 Å². The molecule has 0 aromatic heterocycles. The van der Waals surface area contributed by atoms with Crippen molar-refractivity contribution in [3.8, 4) is 0 Å². The maximum absolute atomic E-state index is 14.2. The van der Waals surface area contributed by atoms with Crippen LogP contribution in [0.4, 0.5) is 4.39 Å². The van der Waals surface area contributed by atoms with Crippen LogP contribution in [0.2, 0.25) is 0 Å². The van der Waals surface area contributed by atoms with Crippen LogP contribution < -0.4 is 5.32 Å². The smallest absolute Gasteiger partial charge is 0.193 e. The number of halogens is 1. The number of likely N-dealkylation sites (tertiary alicyclic amines) is 1. The number of guanidine groups is 1. The lowest BCUT2D eigenvalue weighted by Crippen LogP contribution is -2.45. The SMILES string of the molecule is CCN(CC)C1CCN(C(=NC)NCC2(c3ccccc3F)CC2)C1. The number of nitrogens with one attached hydrogen (secondary N) is 1. The number of benzene rings is 1. The zero-order valence-corrected chi connectivity index (χ0v) is 15.8. The summed E-state index contributed by atoms with van der Waals surface area (Å²) in [5.41, 5.74) is 0.791. The minimum Gasteiger partial charge on any atom is -0.355 e. The van der Waals surface area contributed by atoms with Crippen molar-refractivity contribution in [1.82, 2.24) is 15.1 Å². The molecule has 1 aliphatic carbocycles. The molecule has 0 radical (unpaired) electrons. The summed E-state index contributed by atoms with van der Waals surface area (Å²) < 4.78 is 14.2. The fraction of sp³-hybridized carbons (Fsp3) is 0.650. The molecule has 0 bridgehead atoms. The van der Waals surface area contributed by atoms with Crippen molar-refractivity contribution in [2.24, 2.45) is 4.99 Å². The third-order valence-electron chi connectivity index (χ3n) is 5.89. The topological polar surface area (TPSA) is 30.9 Å². The van der Waals surface area contributed by atoms with Crippen LogP contribution in [0.15, 0.2) is 29.3 Å². The van der Waals surface area contributed by atoms with Crippen molar-refractivity contribution < 1.29 is 4.39 Å². The van der Waals surface area contributed by atoms with E-state index in [1.54, 1.807) is 12.1 Å². The molecule has 1 aromatic carbocycles. The van der Waals surface area contributed by atoms with Gasteiger partial charge in [-0.1, -0.05) is 32.0 Å². The van der Waals surface area contributed by atoms with E-state index in [1.807, 2.05) is 19.2 Å². The monoisotopic (exact) mass is 346 g/mol. The maximum Gasteiger partial charge on any atom is 0.193 e. The van der Waals surface area contributed by atoms with Crippen LogP contribution in [0.1, 0.15) is 38.7 Å². The molecule has 1 aromatic rings. The Kier molecular flexibility index (Phi) is 5.62. The van der Waals surface area contributed by atoms with E-state index in [-0.39, 0.29) is 11.2 Å². The average Bonchev–Trinajstić information content (AvgIpc) is 3.26. The second-order valence-corrected chi connectivity index (χ2v) is 7.27. The predicted molar refractivity (Wildman–Crippen MR) is 102 cm³/mol. The zero-order valence-electron chi connectivity index (χ0n) is 15.8. The molecule has 1 heterocycles. The summed E-state index contributed by atoms with van der Waals surface area (Å²) in [5.74, 6) is 0.872. The summed E-state index contributed by atoms with van der Waals surface area (Å²) in [7, 11) is 1.84. The highest BCUT2D eigenvalue weighted by Crippen LogP contribution is 2.48. The first-order valence-electron chi connectivity index (χ1n) is 9.58. The molecule has 1 atom stereocenters. The molecule has 25 heavy (non-hydrogen) atoms. The van der Waals surface area contributed by atoms with Gasteiger partial charge in [-0.05, 0) is 44.0 Å². The van der Waals surface area contributed by atoms with Crippen molar-refractivity contribution in [3.63, 3.8) is 0 Å². The van der Waals surface area contributed by atoms with Gasteiger partial charge in [0.05, 0.1) is 0 Å². The molecule has 5 heteroatoms. The van der Waals surface area contributed by atoms with Gasteiger partial charge < -0.3 is 10.2 Å². The first-order valence-corrected chi connectivity index (χ1v) is 9.58. The van der Waals surface area contributed by atoms with E-state index >= 15 is 0 Å². The van der Waals surface area contributed by atoms with Gasteiger partial charge in [-0.25, -0.2) is 4.39 Å². The largest absolute Gasteiger partial charge is 0.355 e. The van der Waals surface area contributed by atoms with Gasteiger partial charge in [0.2, 0.25) is 0 Å². The van der Waals surface area contributed by atoms with Gasteiger partial charge in [0.15, 0.2) is 5.96 Å². The van der Waals surface area contributed by atoms with E-state index in [2.05, 4.69) is 34.0 Å². The van der Waals surface area contributed by atoms with E-state index in [1.165, 1.54) is 6.42 Å². The summed E-state index contributed by atoms with van der Waals surface area (Å²) in [6.45, 7) is 9.46. The Morgan fingerprint density at radius 3 is 2.64 bits per heavy atom. The van der Waals surface area contributed by atoms with Crippen LogP contribution in [0.5, 0.6) is 0 Å². The number of aliphatic imine (C=N–C) groups is 1. The second kappa shape index (κ2) is 7.73. The number of hydrogen-bond donors (Lipinski definition) is 1. The van der Waals surface area contributed by atoms with Crippen LogP contribution in [0.3, 0.4) is 0 Å². The van der Waals surface area contributed by atoms with Gasteiger partial charge in [0.25, 0.3) is 0 Å². The Labute approximate surface area is 151 Å². The Hall–Kier alpha value is -1.62. The average molecular weight is 346 g/mol. The standard InChI is InChI=1S/C20H31FN4/c1-4-24(5-2)16-10-13-25(14-16)19(22-3)23-15-20(11-12-20)17-8-6-7-9-18(17)21/h6-9,16H,4-5,10-15H2,1-3H3,(H,22,23). The molecular formula is C20H31FN4. The zero-order chi connectivity index (χ0) is 17.9. The Morgan fingerprint density at radius 2 is 2.04 bits per heavy atom. The molecule has 1 aliphatic heterocycles. The number of rotatable bonds is 6. The lowest BCUT2D eigenvalue weighted by atomic mass is 9.95. The fourth-order valence-electron chi connectivity index (χ4n) is 4.14. The maximum atomic E-state index is 14.2. The molecule has 1 N–H and O–H groups in total. The third kappa shape index (κ3) is 3.81. The van der Waals surface area contributed by atoms with Crippen molar-refractivity contribution in [1.29, 1.82) is 0 Å². The van der Waals surface area contributed by atoms with Crippen molar-refractivity contribution >= 4 is 5.96 Å². The Balaban J connectivity index is 1.60. The molecule has 1 saturated heterocycles. The predicted octanol–water partition coefficient (Wildman–Crippen LogP) is 2.85. The van der Waals surface area contributed by atoms with Gasteiger partial charge in [-0.15, -0.1) is 0 Å². The lowest BCUT2D eigenvalue weighted by Gasteiger charge is -2.28. The van der Waals surface area contributed by atoms with Gasteiger partial charge >= 0.3 is 0 Å². The minimum absolute atomic E-state index is 0.0563. The number of likely N-dealkylation sites (N-methyl/N-ethyl adjacent to an activating group) is 1. The molecular weight excluding hydrogens is 315 g/mol. The summed E-state index contributed by atoms with van der Waals surface area (Å²) in [6.07, 6.45) is 3.26. The highest BCUT2D eigenvalue weighted by atomic mass is 19.1. The quantitative estimate of drug-likeness (QED) is 0.635. The van der Waals surface area contributed by atoms with E-state index in [9.17, 15) is 4.39 Å². The Morgan fingerprint density at radius 1 is 1.32 bits per heavy atom. The number of hydrogen-bond acceptors (Lipinski definition) is 2. The molecule has 1 saturated carbocycles. The summed E-state index contributed by atoms with van der Waals surface area (Å²) in [5, 5.41) is 3.53. The Bertz CT molecular complexity index is 607. The van der Waals surface area contributed by atoms with Crippen molar-refractivity contribution in [2.45, 2.75) is 44.6 Å². The van der Waals surface area contributed by atoms with Crippen LogP contribution in [0, 0.1) is 5.82 Å². The van der Waals surface area contributed by atoms with Crippen LogP contribution >= 0.6 is 0 Å². The summed E-state index contributed by atoms with van der Waals surface area (Å²) in [6, 6.07) is 7.80. The highest BCUT2D eigenvalue weighted by Gasteiger charge is 2.46.